The van der Waals surface area contributed by atoms with E-state index in [9.17, 15) is 13.2 Å². The second-order valence-corrected chi connectivity index (χ2v) is 6.24. The van der Waals surface area contributed by atoms with Crippen molar-refractivity contribution in [1.29, 1.82) is 0 Å². The number of aromatic nitrogens is 1. The molecule has 2 N–H and O–H groups in total. The molecule has 2 rings (SSSR count). The highest BCUT2D eigenvalue weighted by molar-refractivity contribution is 7.85. The average molecular weight is 316 g/mol. The van der Waals surface area contributed by atoms with Gasteiger partial charge < -0.3 is 4.74 Å². The predicted molar refractivity (Wildman–Crippen MR) is 73.1 cm³/mol. The van der Waals surface area contributed by atoms with E-state index < -0.39 is 10.1 Å². The molecule has 0 bridgehead atoms. The Labute approximate surface area is 123 Å². The summed E-state index contributed by atoms with van der Waals surface area (Å²) in [6.45, 7) is 2.44. The number of hydrogen-bond donors (Lipinski definition) is 2. The number of ether oxygens (including phenoxy) is 1. The summed E-state index contributed by atoms with van der Waals surface area (Å²) >= 11 is 0. The van der Waals surface area contributed by atoms with E-state index in [2.05, 4.69) is 5.43 Å². The number of rotatable bonds is 4. The fourth-order valence-corrected chi connectivity index (χ4v) is 2.37. The van der Waals surface area contributed by atoms with Crippen molar-refractivity contribution in [3.63, 3.8) is 0 Å². The Morgan fingerprint density at radius 3 is 2.52 bits per heavy atom. The maximum atomic E-state index is 12.0. The van der Waals surface area contributed by atoms with Crippen LogP contribution in [0.3, 0.4) is 0 Å². The number of morpholine rings is 1. The van der Waals surface area contributed by atoms with E-state index in [4.69, 9.17) is 9.29 Å². The first-order chi connectivity index (χ1) is 9.94. The SMILES string of the molecule is O=C(NN1CCOCC1)[n+]1ccc(CCS(=O)(=O)O)cc1. The van der Waals surface area contributed by atoms with E-state index in [1.807, 2.05) is 0 Å². The van der Waals surface area contributed by atoms with Crippen LogP contribution in [-0.4, -0.2) is 56.1 Å². The topological polar surface area (TPSA) is 99.8 Å². The van der Waals surface area contributed by atoms with Gasteiger partial charge in [-0.15, -0.1) is 5.01 Å². The largest absolute Gasteiger partial charge is 0.514 e. The first-order valence-electron chi connectivity index (χ1n) is 6.53. The molecule has 0 aliphatic carbocycles. The normalized spacial score (nSPS) is 16.6. The number of aryl methyl sites for hydroxylation is 1. The molecule has 0 saturated carbocycles. The molecular weight excluding hydrogens is 298 g/mol. The molecule has 116 valence electrons. The molecule has 21 heavy (non-hydrogen) atoms. The van der Waals surface area contributed by atoms with Gasteiger partial charge in [-0.05, 0) is 24.1 Å². The zero-order valence-electron chi connectivity index (χ0n) is 11.4. The van der Waals surface area contributed by atoms with Crippen LogP contribution in [0.4, 0.5) is 4.79 Å². The van der Waals surface area contributed by atoms with Crippen molar-refractivity contribution in [2.45, 2.75) is 6.42 Å². The second kappa shape index (κ2) is 6.94. The lowest BCUT2D eigenvalue weighted by Gasteiger charge is -2.21. The van der Waals surface area contributed by atoms with Gasteiger partial charge in [0.15, 0.2) is 0 Å². The summed E-state index contributed by atoms with van der Waals surface area (Å²) in [4.78, 5) is 12.0. The highest BCUT2D eigenvalue weighted by Gasteiger charge is 2.20. The molecule has 1 aromatic rings. The summed E-state index contributed by atoms with van der Waals surface area (Å²) in [6, 6.07) is 2.99. The molecule has 0 radical (unpaired) electrons. The Morgan fingerprint density at radius 1 is 1.33 bits per heavy atom. The third kappa shape index (κ3) is 5.38. The molecule has 0 spiro atoms. The molecule has 1 fully saturated rings. The molecule has 1 aliphatic rings. The van der Waals surface area contributed by atoms with E-state index in [0.29, 0.717) is 26.3 Å². The predicted octanol–water partition coefficient (Wildman–Crippen LogP) is -0.791. The van der Waals surface area contributed by atoms with Gasteiger partial charge in [0.2, 0.25) is 0 Å². The minimum atomic E-state index is -3.97. The highest BCUT2D eigenvalue weighted by Crippen LogP contribution is 1.99. The van der Waals surface area contributed by atoms with Gasteiger partial charge >= 0.3 is 6.03 Å². The lowest BCUT2D eigenvalue weighted by atomic mass is 10.2. The fourth-order valence-electron chi connectivity index (χ4n) is 1.87. The number of pyridine rings is 1. The summed E-state index contributed by atoms with van der Waals surface area (Å²) in [7, 11) is -3.97. The Hall–Kier alpha value is -1.55. The van der Waals surface area contributed by atoms with Crippen LogP contribution in [0.1, 0.15) is 5.56 Å². The second-order valence-electron chi connectivity index (χ2n) is 4.67. The van der Waals surface area contributed by atoms with Crippen LogP contribution in [0, 0.1) is 0 Å². The van der Waals surface area contributed by atoms with Gasteiger partial charge in [0, 0.05) is 0 Å². The monoisotopic (exact) mass is 316 g/mol. The summed E-state index contributed by atoms with van der Waals surface area (Å²) < 4.78 is 36.6. The minimum absolute atomic E-state index is 0.199. The van der Waals surface area contributed by atoms with Gasteiger partial charge in [0.25, 0.3) is 10.1 Å². The van der Waals surface area contributed by atoms with Gasteiger partial charge in [0.05, 0.1) is 44.4 Å². The van der Waals surface area contributed by atoms with E-state index in [1.54, 1.807) is 29.5 Å². The Bertz CT molecular complexity index is 581. The first-order valence-corrected chi connectivity index (χ1v) is 8.14. The fraction of sp³-hybridized carbons (Fsp3) is 0.500. The quantitative estimate of drug-likeness (QED) is 0.558. The Kier molecular flexibility index (Phi) is 5.23. The van der Waals surface area contributed by atoms with Crippen LogP contribution in [0.15, 0.2) is 24.5 Å². The zero-order chi connectivity index (χ0) is 15.3. The lowest BCUT2D eigenvalue weighted by Crippen LogP contribution is -2.58. The van der Waals surface area contributed by atoms with Crippen molar-refractivity contribution in [3.05, 3.63) is 30.1 Å². The summed E-state index contributed by atoms with van der Waals surface area (Å²) in [5, 5.41) is 1.78. The molecule has 1 aromatic heterocycles. The smallest absolute Gasteiger partial charge is 0.378 e. The van der Waals surface area contributed by atoms with Crippen LogP contribution in [-0.2, 0) is 21.3 Å². The third-order valence-electron chi connectivity index (χ3n) is 3.05. The summed E-state index contributed by atoms with van der Waals surface area (Å²) in [5.74, 6) is -0.336. The van der Waals surface area contributed by atoms with Gasteiger partial charge in [-0.3, -0.25) is 4.55 Å². The number of carbonyl (C=O) groups excluding carboxylic acids is 1. The number of hydrazine groups is 1. The molecule has 2 heterocycles. The van der Waals surface area contributed by atoms with Crippen molar-refractivity contribution in [2.75, 3.05) is 32.1 Å². The average Bonchev–Trinajstić information content (AvgIpc) is 2.46. The van der Waals surface area contributed by atoms with E-state index >= 15 is 0 Å². The van der Waals surface area contributed by atoms with Crippen LogP contribution in [0.5, 0.6) is 0 Å². The highest BCUT2D eigenvalue weighted by atomic mass is 32.2. The molecule has 0 atom stereocenters. The summed E-state index contributed by atoms with van der Waals surface area (Å²) in [6.07, 6.45) is 3.30. The van der Waals surface area contributed by atoms with Crippen molar-refractivity contribution in [2.24, 2.45) is 0 Å². The molecule has 1 amide bonds. The number of nitrogens with one attached hydrogen (secondary N) is 1. The number of amides is 1. The number of nitrogens with zero attached hydrogens (tertiary/aromatic N) is 2. The maximum absolute atomic E-state index is 12.0. The standard InChI is InChI=1S/C12H17N3O5S/c16-12(13-15-6-8-20-9-7-15)14-4-1-11(2-5-14)3-10-21(17,18)19/h1-2,4-5H,3,6-10H2,(H-,13,16,17,18,19)/p+1. The Morgan fingerprint density at radius 2 is 1.95 bits per heavy atom. The van der Waals surface area contributed by atoms with Crippen molar-refractivity contribution >= 4 is 16.1 Å². The van der Waals surface area contributed by atoms with Crippen LogP contribution in [0.2, 0.25) is 0 Å². The molecule has 8 nitrogen and oxygen atoms in total. The third-order valence-corrected chi connectivity index (χ3v) is 3.77. The number of carbonyl (C=O) groups is 1. The van der Waals surface area contributed by atoms with E-state index in [-0.39, 0.29) is 18.2 Å². The van der Waals surface area contributed by atoms with Gasteiger partial charge in [-0.25, -0.2) is 0 Å². The molecule has 0 aromatic carbocycles. The van der Waals surface area contributed by atoms with Gasteiger partial charge in [0.1, 0.15) is 0 Å². The van der Waals surface area contributed by atoms with Gasteiger partial charge in [-0.1, -0.05) is 0 Å². The van der Waals surface area contributed by atoms with Crippen molar-refractivity contribution in [3.8, 4) is 0 Å². The molecular formula is C12H18N3O5S+. The molecule has 1 aliphatic heterocycles. The lowest BCUT2D eigenvalue weighted by molar-refractivity contribution is -0.574. The van der Waals surface area contributed by atoms with Crippen LogP contribution < -0.4 is 9.99 Å². The molecule has 9 heteroatoms. The van der Waals surface area contributed by atoms with Crippen LogP contribution in [0.25, 0.3) is 0 Å². The Balaban J connectivity index is 1.90. The van der Waals surface area contributed by atoms with Crippen molar-refractivity contribution in [1.82, 2.24) is 10.4 Å². The zero-order valence-corrected chi connectivity index (χ0v) is 12.3. The van der Waals surface area contributed by atoms with Crippen LogP contribution >= 0.6 is 0 Å². The first kappa shape index (κ1) is 15.8. The maximum Gasteiger partial charge on any atom is 0.514 e. The van der Waals surface area contributed by atoms with Gasteiger partial charge in [-0.2, -0.15) is 23.2 Å². The van der Waals surface area contributed by atoms with Crippen molar-refractivity contribution < 1.29 is 27.1 Å². The molecule has 0 unspecified atom stereocenters. The minimum Gasteiger partial charge on any atom is -0.378 e. The number of hydrogen-bond acceptors (Lipinski definition) is 5. The molecule has 1 saturated heterocycles. The van der Waals surface area contributed by atoms with E-state index in [1.165, 1.54) is 4.57 Å². The summed E-state index contributed by atoms with van der Waals surface area (Å²) in [5.41, 5.74) is 3.48. The van der Waals surface area contributed by atoms with E-state index in [0.717, 1.165) is 5.56 Å².